The maximum Gasteiger partial charge on any atom is 0.240 e. The Balaban J connectivity index is 2.76. The van der Waals surface area contributed by atoms with E-state index in [0.717, 1.165) is 5.56 Å². The summed E-state index contributed by atoms with van der Waals surface area (Å²) in [4.78, 5) is 0.127. The minimum atomic E-state index is -3.63. The molecule has 108 valence electrons. The molecule has 1 aromatic carbocycles. The van der Waals surface area contributed by atoms with E-state index in [0.29, 0.717) is 18.0 Å². The molecule has 0 aliphatic carbocycles. The predicted molar refractivity (Wildman–Crippen MR) is 76.2 cm³/mol. The van der Waals surface area contributed by atoms with Crippen LogP contribution in [0.3, 0.4) is 0 Å². The first-order valence-corrected chi connectivity index (χ1v) is 7.74. The van der Waals surface area contributed by atoms with Crippen LogP contribution in [-0.4, -0.2) is 26.2 Å². The third-order valence-electron chi connectivity index (χ3n) is 2.64. The number of hydrogen-bond acceptors (Lipinski definition) is 4. The molecule has 0 aromatic heterocycles. The second-order valence-corrected chi connectivity index (χ2v) is 6.98. The highest BCUT2D eigenvalue weighted by atomic mass is 32.2. The van der Waals surface area contributed by atoms with Gasteiger partial charge in [-0.1, -0.05) is 13.8 Å². The third-order valence-corrected chi connectivity index (χ3v) is 4.04. The van der Waals surface area contributed by atoms with Gasteiger partial charge in [-0.2, -0.15) is 0 Å². The van der Waals surface area contributed by atoms with Crippen molar-refractivity contribution in [2.75, 3.05) is 12.3 Å². The molecule has 0 heterocycles. The molecule has 1 unspecified atom stereocenters. The Hall–Kier alpha value is -1.11. The predicted octanol–water partition coefficient (Wildman–Crippen LogP) is 1.26. The topological polar surface area (TPSA) is 92.4 Å². The number of nitrogen functional groups attached to an aromatic ring is 1. The summed E-state index contributed by atoms with van der Waals surface area (Å²) in [5.74, 6) is 0.314. The van der Waals surface area contributed by atoms with Crippen LogP contribution in [0, 0.1) is 12.8 Å². The number of aliphatic hydroxyl groups is 1. The Morgan fingerprint density at radius 2 is 1.95 bits per heavy atom. The molecule has 1 rings (SSSR count). The molecule has 1 aromatic rings. The Morgan fingerprint density at radius 1 is 1.32 bits per heavy atom. The Morgan fingerprint density at radius 3 is 2.47 bits per heavy atom. The van der Waals surface area contributed by atoms with Gasteiger partial charge in [-0.05, 0) is 43.0 Å². The van der Waals surface area contributed by atoms with Gasteiger partial charge in [0.05, 0.1) is 11.0 Å². The SMILES string of the molecule is Cc1cc(N)cc(S(=O)(=O)NCC(O)CC(C)C)c1. The number of nitrogens with one attached hydrogen (secondary N) is 1. The highest BCUT2D eigenvalue weighted by Gasteiger charge is 2.17. The van der Waals surface area contributed by atoms with E-state index in [1.165, 1.54) is 6.07 Å². The summed E-state index contributed by atoms with van der Waals surface area (Å²) >= 11 is 0. The van der Waals surface area contributed by atoms with Crippen molar-refractivity contribution in [3.8, 4) is 0 Å². The van der Waals surface area contributed by atoms with Gasteiger partial charge < -0.3 is 10.8 Å². The number of aryl methyl sites for hydroxylation is 1. The van der Waals surface area contributed by atoms with E-state index in [2.05, 4.69) is 4.72 Å². The van der Waals surface area contributed by atoms with Crippen LogP contribution < -0.4 is 10.5 Å². The van der Waals surface area contributed by atoms with E-state index in [-0.39, 0.29) is 11.4 Å². The molecule has 0 spiro atoms. The van der Waals surface area contributed by atoms with Crippen molar-refractivity contribution in [1.82, 2.24) is 4.72 Å². The minimum absolute atomic E-state index is 0.00829. The lowest BCUT2D eigenvalue weighted by Gasteiger charge is -2.14. The lowest BCUT2D eigenvalue weighted by Crippen LogP contribution is -2.32. The summed E-state index contributed by atoms with van der Waals surface area (Å²) in [5, 5.41) is 9.69. The van der Waals surface area contributed by atoms with Crippen LogP contribution in [0.4, 0.5) is 5.69 Å². The lowest BCUT2D eigenvalue weighted by molar-refractivity contribution is 0.152. The molecule has 4 N–H and O–H groups in total. The highest BCUT2D eigenvalue weighted by Crippen LogP contribution is 2.16. The van der Waals surface area contributed by atoms with Gasteiger partial charge >= 0.3 is 0 Å². The molecule has 0 fully saturated rings. The number of hydrogen-bond donors (Lipinski definition) is 3. The van der Waals surface area contributed by atoms with Crippen LogP contribution in [0.25, 0.3) is 0 Å². The van der Waals surface area contributed by atoms with E-state index in [1.54, 1.807) is 19.1 Å². The molecule has 0 radical (unpaired) electrons. The maximum atomic E-state index is 12.0. The first-order valence-electron chi connectivity index (χ1n) is 6.25. The molecule has 5 nitrogen and oxygen atoms in total. The van der Waals surface area contributed by atoms with Gasteiger partial charge in [-0.25, -0.2) is 13.1 Å². The zero-order valence-electron chi connectivity index (χ0n) is 11.6. The summed E-state index contributed by atoms with van der Waals surface area (Å²) in [6, 6.07) is 4.66. The molecular formula is C13H22N2O3S. The van der Waals surface area contributed by atoms with Crippen molar-refractivity contribution in [1.29, 1.82) is 0 Å². The van der Waals surface area contributed by atoms with E-state index >= 15 is 0 Å². The van der Waals surface area contributed by atoms with Crippen molar-refractivity contribution in [3.63, 3.8) is 0 Å². The Bertz CT molecular complexity index is 506. The molecular weight excluding hydrogens is 264 g/mol. The summed E-state index contributed by atoms with van der Waals surface area (Å²) in [6.07, 6.45) is -0.129. The average Bonchev–Trinajstić information content (AvgIpc) is 2.24. The van der Waals surface area contributed by atoms with Crippen molar-refractivity contribution in [3.05, 3.63) is 23.8 Å². The second-order valence-electron chi connectivity index (χ2n) is 5.21. The molecule has 0 saturated heterocycles. The zero-order chi connectivity index (χ0) is 14.6. The molecule has 6 heteroatoms. The van der Waals surface area contributed by atoms with Crippen molar-refractivity contribution in [2.45, 2.75) is 38.2 Å². The van der Waals surface area contributed by atoms with Crippen LogP contribution in [-0.2, 0) is 10.0 Å². The largest absolute Gasteiger partial charge is 0.399 e. The van der Waals surface area contributed by atoms with E-state index in [1.807, 2.05) is 13.8 Å². The normalized spacial score (nSPS) is 13.7. The summed E-state index contributed by atoms with van der Waals surface area (Å²) in [5.41, 5.74) is 6.82. The second kappa shape index (κ2) is 6.36. The fraction of sp³-hybridized carbons (Fsp3) is 0.538. The monoisotopic (exact) mass is 286 g/mol. The fourth-order valence-electron chi connectivity index (χ4n) is 1.85. The smallest absolute Gasteiger partial charge is 0.240 e. The van der Waals surface area contributed by atoms with Crippen molar-refractivity contribution >= 4 is 15.7 Å². The van der Waals surface area contributed by atoms with Crippen molar-refractivity contribution < 1.29 is 13.5 Å². The summed E-state index contributed by atoms with van der Waals surface area (Å²) in [6.45, 7) is 5.73. The number of rotatable bonds is 6. The van der Waals surface area contributed by atoms with Crippen LogP contribution in [0.2, 0.25) is 0 Å². The number of anilines is 1. The van der Waals surface area contributed by atoms with Gasteiger partial charge in [0.2, 0.25) is 10.0 Å². The van der Waals surface area contributed by atoms with Gasteiger partial charge in [0.1, 0.15) is 0 Å². The molecule has 0 amide bonds. The number of sulfonamides is 1. The number of nitrogens with two attached hydrogens (primary N) is 1. The minimum Gasteiger partial charge on any atom is -0.399 e. The first-order chi connectivity index (χ1) is 8.70. The fourth-order valence-corrected chi connectivity index (χ4v) is 3.06. The van der Waals surface area contributed by atoms with E-state index in [9.17, 15) is 13.5 Å². The molecule has 0 aliphatic rings. The van der Waals surface area contributed by atoms with Crippen LogP contribution >= 0.6 is 0 Å². The average molecular weight is 286 g/mol. The molecule has 0 bridgehead atoms. The lowest BCUT2D eigenvalue weighted by atomic mass is 10.1. The van der Waals surface area contributed by atoms with Gasteiger partial charge in [-0.15, -0.1) is 0 Å². The van der Waals surface area contributed by atoms with Gasteiger partial charge in [-0.3, -0.25) is 0 Å². The molecule has 19 heavy (non-hydrogen) atoms. The van der Waals surface area contributed by atoms with Gasteiger partial charge in [0, 0.05) is 12.2 Å². The van der Waals surface area contributed by atoms with E-state index in [4.69, 9.17) is 5.73 Å². The first kappa shape index (κ1) is 15.9. The quantitative estimate of drug-likeness (QED) is 0.686. The zero-order valence-corrected chi connectivity index (χ0v) is 12.4. The standard InChI is InChI=1S/C13H22N2O3S/c1-9(2)4-12(16)8-15-19(17,18)13-6-10(3)5-11(14)7-13/h5-7,9,12,15-16H,4,8,14H2,1-3H3. The Kier molecular flexibility index (Phi) is 5.34. The summed E-state index contributed by atoms with van der Waals surface area (Å²) < 4.78 is 26.5. The number of aliphatic hydroxyl groups excluding tert-OH is 1. The summed E-state index contributed by atoms with van der Waals surface area (Å²) in [7, 11) is -3.63. The van der Waals surface area contributed by atoms with Gasteiger partial charge in [0.15, 0.2) is 0 Å². The highest BCUT2D eigenvalue weighted by molar-refractivity contribution is 7.89. The third kappa shape index (κ3) is 5.18. The molecule has 1 atom stereocenters. The van der Waals surface area contributed by atoms with Crippen LogP contribution in [0.1, 0.15) is 25.8 Å². The Labute approximate surface area is 114 Å². The number of benzene rings is 1. The van der Waals surface area contributed by atoms with Crippen LogP contribution in [0.5, 0.6) is 0 Å². The maximum absolute atomic E-state index is 12.0. The molecule has 0 saturated carbocycles. The van der Waals surface area contributed by atoms with E-state index < -0.39 is 16.1 Å². The van der Waals surface area contributed by atoms with Crippen molar-refractivity contribution in [2.24, 2.45) is 5.92 Å². The van der Waals surface area contributed by atoms with Crippen LogP contribution in [0.15, 0.2) is 23.1 Å². The molecule has 0 aliphatic heterocycles. The van der Waals surface area contributed by atoms with Gasteiger partial charge in [0.25, 0.3) is 0 Å².